The molecule has 0 aliphatic rings. The molecule has 1 unspecified atom stereocenters. The summed E-state index contributed by atoms with van der Waals surface area (Å²) in [4.78, 5) is 10.1. The van der Waals surface area contributed by atoms with Crippen molar-refractivity contribution in [2.75, 3.05) is 5.73 Å². The molecule has 0 saturated carbocycles. The molecular weight excluding hydrogens is 177 g/mol. The molecule has 1 rings (SSSR count). The highest BCUT2D eigenvalue weighted by atomic mass is 19.1. The summed E-state index contributed by atoms with van der Waals surface area (Å²) >= 11 is 0. The molecule has 0 aliphatic heterocycles. The van der Waals surface area contributed by atoms with E-state index in [0.717, 1.165) is 0 Å². The van der Waals surface area contributed by atoms with E-state index in [2.05, 4.69) is 4.74 Å². The molecule has 0 bridgehead atoms. The van der Waals surface area contributed by atoms with E-state index >= 15 is 0 Å². The van der Waals surface area contributed by atoms with E-state index in [-0.39, 0.29) is 5.75 Å². The van der Waals surface area contributed by atoms with Gasteiger partial charge in [-0.05, 0) is 12.1 Å². The Kier molecular flexibility index (Phi) is 2.69. The summed E-state index contributed by atoms with van der Waals surface area (Å²) in [7, 11) is 0. The summed E-state index contributed by atoms with van der Waals surface area (Å²) in [5.74, 6) is -1.57. The van der Waals surface area contributed by atoms with Crippen LogP contribution in [0.1, 0.15) is 0 Å². The smallest absolute Gasteiger partial charge is 0.378 e. The van der Waals surface area contributed by atoms with Crippen LogP contribution in [0.4, 0.5) is 10.1 Å². The quantitative estimate of drug-likeness (QED) is 0.690. The van der Waals surface area contributed by atoms with Crippen molar-refractivity contribution in [1.29, 1.82) is 0 Å². The largest absolute Gasteiger partial charge is 0.476 e. The molecule has 0 spiro atoms. The van der Waals surface area contributed by atoms with Gasteiger partial charge in [-0.2, -0.15) is 4.39 Å². The van der Waals surface area contributed by atoms with E-state index in [0.29, 0.717) is 5.69 Å². The first kappa shape index (κ1) is 9.31. The third-order valence-electron chi connectivity index (χ3n) is 1.29. The molecule has 0 aliphatic carbocycles. The highest BCUT2D eigenvalue weighted by Crippen LogP contribution is 2.16. The first-order valence-corrected chi connectivity index (χ1v) is 3.48. The maximum Gasteiger partial charge on any atom is 0.378 e. The first-order valence-electron chi connectivity index (χ1n) is 3.48. The van der Waals surface area contributed by atoms with Crippen molar-refractivity contribution in [1.82, 2.24) is 0 Å². The van der Waals surface area contributed by atoms with Crippen molar-refractivity contribution in [2.24, 2.45) is 0 Å². The van der Waals surface area contributed by atoms with Gasteiger partial charge in [-0.1, -0.05) is 6.07 Å². The van der Waals surface area contributed by atoms with Crippen LogP contribution in [0.3, 0.4) is 0 Å². The van der Waals surface area contributed by atoms with E-state index < -0.39 is 12.3 Å². The fraction of sp³-hybridized carbons (Fsp3) is 0.125. The lowest BCUT2D eigenvalue weighted by molar-refractivity contribution is -0.153. The fourth-order valence-electron chi connectivity index (χ4n) is 0.758. The molecule has 13 heavy (non-hydrogen) atoms. The second-order valence-corrected chi connectivity index (χ2v) is 2.34. The number of carboxylic acids is 1. The van der Waals surface area contributed by atoms with Crippen LogP contribution >= 0.6 is 0 Å². The molecule has 0 heterocycles. The van der Waals surface area contributed by atoms with Crippen molar-refractivity contribution >= 4 is 11.7 Å². The maximum atomic E-state index is 12.5. The summed E-state index contributed by atoms with van der Waals surface area (Å²) in [5, 5.41) is 8.18. The SMILES string of the molecule is Nc1cccc(OC(F)C(=O)O)c1. The second kappa shape index (κ2) is 3.75. The van der Waals surface area contributed by atoms with Crippen molar-refractivity contribution in [2.45, 2.75) is 6.36 Å². The lowest BCUT2D eigenvalue weighted by Gasteiger charge is -2.06. The van der Waals surface area contributed by atoms with Gasteiger partial charge in [0, 0.05) is 11.8 Å². The number of nitrogens with two attached hydrogens (primary N) is 1. The summed E-state index contributed by atoms with van der Waals surface area (Å²) in [6.07, 6.45) is -2.36. The van der Waals surface area contributed by atoms with Gasteiger partial charge in [-0.15, -0.1) is 0 Å². The van der Waals surface area contributed by atoms with Gasteiger partial charge in [0.1, 0.15) is 5.75 Å². The monoisotopic (exact) mass is 185 g/mol. The molecule has 4 nitrogen and oxygen atoms in total. The molecule has 3 N–H and O–H groups in total. The standard InChI is InChI=1S/C8H8FNO3/c9-7(8(11)12)13-6-3-1-2-5(10)4-6/h1-4,7H,10H2,(H,11,12). The Bertz CT molecular complexity index is 316. The molecule has 0 fully saturated rings. The number of carbonyl (C=O) groups is 1. The fourth-order valence-corrected chi connectivity index (χ4v) is 0.758. The number of hydrogen-bond donors (Lipinski definition) is 2. The third-order valence-corrected chi connectivity index (χ3v) is 1.29. The Labute approximate surface area is 73.7 Å². The zero-order valence-electron chi connectivity index (χ0n) is 6.61. The Morgan fingerprint density at radius 1 is 1.62 bits per heavy atom. The number of aliphatic carboxylic acids is 1. The molecule has 1 aromatic rings. The van der Waals surface area contributed by atoms with Gasteiger partial charge in [0.05, 0.1) is 0 Å². The Balaban J connectivity index is 2.69. The van der Waals surface area contributed by atoms with Crippen LogP contribution in [0.2, 0.25) is 0 Å². The molecular formula is C8H8FNO3. The number of ether oxygens (including phenoxy) is 1. The Morgan fingerprint density at radius 2 is 2.31 bits per heavy atom. The summed E-state index contributed by atoms with van der Waals surface area (Å²) in [6, 6.07) is 5.89. The molecule has 0 radical (unpaired) electrons. The van der Waals surface area contributed by atoms with Gasteiger partial charge in [0.2, 0.25) is 0 Å². The minimum Gasteiger partial charge on any atom is -0.476 e. The number of nitrogen functional groups attached to an aromatic ring is 1. The minimum absolute atomic E-state index is 0.0925. The lowest BCUT2D eigenvalue weighted by atomic mass is 10.3. The van der Waals surface area contributed by atoms with Crippen LogP contribution < -0.4 is 10.5 Å². The van der Waals surface area contributed by atoms with E-state index in [4.69, 9.17) is 10.8 Å². The average molecular weight is 185 g/mol. The first-order chi connectivity index (χ1) is 6.09. The zero-order chi connectivity index (χ0) is 9.84. The molecule has 1 aromatic carbocycles. The van der Waals surface area contributed by atoms with Crippen LogP contribution in [-0.2, 0) is 4.79 Å². The number of benzene rings is 1. The van der Waals surface area contributed by atoms with Gasteiger partial charge in [0.25, 0.3) is 0 Å². The predicted octanol–water partition coefficient (Wildman–Crippen LogP) is 1.03. The van der Waals surface area contributed by atoms with Crippen LogP contribution in [0.5, 0.6) is 5.75 Å². The summed E-state index contributed by atoms with van der Waals surface area (Å²) in [5.41, 5.74) is 5.74. The van der Waals surface area contributed by atoms with Crippen molar-refractivity contribution in [3.63, 3.8) is 0 Å². The number of carboxylic acid groups (broad SMARTS) is 1. The zero-order valence-corrected chi connectivity index (χ0v) is 6.61. The van der Waals surface area contributed by atoms with Gasteiger partial charge in [0.15, 0.2) is 0 Å². The molecule has 0 saturated heterocycles. The van der Waals surface area contributed by atoms with E-state index in [1.165, 1.54) is 12.1 Å². The lowest BCUT2D eigenvalue weighted by Crippen LogP contribution is -2.21. The minimum atomic E-state index is -2.36. The van der Waals surface area contributed by atoms with E-state index in [1.54, 1.807) is 12.1 Å². The maximum absolute atomic E-state index is 12.5. The van der Waals surface area contributed by atoms with Crippen LogP contribution in [0.15, 0.2) is 24.3 Å². The molecule has 1 atom stereocenters. The Hall–Kier alpha value is -1.78. The number of anilines is 1. The predicted molar refractivity (Wildman–Crippen MR) is 44.0 cm³/mol. The van der Waals surface area contributed by atoms with E-state index in [9.17, 15) is 9.18 Å². The van der Waals surface area contributed by atoms with E-state index in [1.807, 2.05) is 0 Å². The number of alkyl halides is 1. The topological polar surface area (TPSA) is 72.5 Å². The molecule has 0 aromatic heterocycles. The number of halogens is 1. The molecule has 70 valence electrons. The van der Waals surface area contributed by atoms with Gasteiger partial charge < -0.3 is 15.6 Å². The average Bonchev–Trinajstić information content (AvgIpc) is 2.04. The van der Waals surface area contributed by atoms with Crippen molar-refractivity contribution < 1.29 is 19.0 Å². The van der Waals surface area contributed by atoms with Gasteiger partial charge in [-0.25, -0.2) is 4.79 Å². The highest BCUT2D eigenvalue weighted by Gasteiger charge is 2.16. The highest BCUT2D eigenvalue weighted by molar-refractivity contribution is 5.71. The normalized spacial score (nSPS) is 12.1. The third kappa shape index (κ3) is 2.62. The van der Waals surface area contributed by atoms with Gasteiger partial charge >= 0.3 is 12.3 Å². The summed E-state index contributed by atoms with van der Waals surface area (Å²) < 4.78 is 16.9. The van der Waals surface area contributed by atoms with Crippen LogP contribution in [-0.4, -0.2) is 17.4 Å². The molecule has 5 heteroatoms. The van der Waals surface area contributed by atoms with Crippen LogP contribution in [0.25, 0.3) is 0 Å². The molecule has 0 amide bonds. The summed E-state index contributed by atoms with van der Waals surface area (Å²) in [6.45, 7) is 0. The van der Waals surface area contributed by atoms with Crippen molar-refractivity contribution in [3.05, 3.63) is 24.3 Å². The number of hydrogen-bond acceptors (Lipinski definition) is 3. The van der Waals surface area contributed by atoms with Gasteiger partial charge in [-0.3, -0.25) is 0 Å². The number of rotatable bonds is 3. The Morgan fingerprint density at radius 3 is 2.85 bits per heavy atom. The van der Waals surface area contributed by atoms with Crippen LogP contribution in [0, 0.1) is 0 Å². The second-order valence-electron chi connectivity index (χ2n) is 2.34. The van der Waals surface area contributed by atoms with Crippen molar-refractivity contribution in [3.8, 4) is 5.75 Å².